The smallest absolute Gasteiger partial charge is 0.225 e. The fraction of sp³-hybridized carbons (Fsp3) is 0.579. The van der Waals surface area contributed by atoms with Gasteiger partial charge in [-0.05, 0) is 31.6 Å². The van der Waals surface area contributed by atoms with E-state index in [1.54, 1.807) is 25.3 Å². The van der Waals surface area contributed by atoms with Crippen molar-refractivity contribution in [3.8, 4) is 11.5 Å². The molecule has 0 unspecified atom stereocenters. The summed E-state index contributed by atoms with van der Waals surface area (Å²) in [6.07, 6.45) is 0.511. The van der Waals surface area contributed by atoms with E-state index in [9.17, 15) is 9.59 Å². The fourth-order valence-electron chi connectivity index (χ4n) is 2.51. The van der Waals surface area contributed by atoms with Gasteiger partial charge < -0.3 is 25.0 Å². The number of carbonyl (C=O) groups excluding carboxylic acids is 2. The zero-order valence-corrected chi connectivity index (χ0v) is 16.6. The van der Waals surface area contributed by atoms with Crippen LogP contribution < -0.4 is 20.1 Å². The molecule has 7 heteroatoms. The van der Waals surface area contributed by atoms with Crippen LogP contribution in [0, 0.1) is 5.41 Å². The maximum Gasteiger partial charge on any atom is 0.225 e. The van der Waals surface area contributed by atoms with Crippen LogP contribution in [0.4, 0.5) is 5.69 Å². The molecule has 26 heavy (non-hydrogen) atoms. The first-order valence-electron chi connectivity index (χ1n) is 8.60. The normalized spacial score (nSPS) is 11.2. The van der Waals surface area contributed by atoms with E-state index in [1.165, 1.54) is 7.11 Å². The minimum absolute atomic E-state index is 0.0494. The van der Waals surface area contributed by atoms with Gasteiger partial charge in [-0.15, -0.1) is 0 Å². The number of anilines is 1. The van der Waals surface area contributed by atoms with E-state index in [0.29, 0.717) is 23.7 Å². The van der Waals surface area contributed by atoms with E-state index < -0.39 is 5.41 Å². The lowest BCUT2D eigenvalue weighted by molar-refractivity contribution is -0.124. The van der Waals surface area contributed by atoms with Crippen LogP contribution in [0.25, 0.3) is 0 Å². The van der Waals surface area contributed by atoms with Crippen LogP contribution in [0.5, 0.6) is 11.5 Å². The van der Waals surface area contributed by atoms with Crippen molar-refractivity contribution < 1.29 is 19.1 Å². The van der Waals surface area contributed by atoms with Crippen molar-refractivity contribution in [2.45, 2.75) is 26.7 Å². The number of nitrogens with one attached hydrogen (secondary N) is 2. The number of amides is 2. The Morgan fingerprint density at radius 2 is 1.73 bits per heavy atom. The van der Waals surface area contributed by atoms with Gasteiger partial charge in [-0.1, -0.05) is 13.8 Å². The Morgan fingerprint density at radius 3 is 2.31 bits per heavy atom. The summed E-state index contributed by atoms with van der Waals surface area (Å²) < 4.78 is 10.4. The first-order chi connectivity index (χ1) is 12.2. The van der Waals surface area contributed by atoms with E-state index in [2.05, 4.69) is 10.6 Å². The average Bonchev–Trinajstić information content (AvgIpc) is 2.53. The number of benzene rings is 1. The summed E-state index contributed by atoms with van der Waals surface area (Å²) in [6.45, 7) is 5.19. The minimum Gasteiger partial charge on any atom is -0.497 e. The van der Waals surface area contributed by atoms with Crippen LogP contribution >= 0.6 is 0 Å². The Bertz CT molecular complexity index is 615. The van der Waals surface area contributed by atoms with E-state index in [-0.39, 0.29) is 24.7 Å². The fourth-order valence-corrected chi connectivity index (χ4v) is 2.51. The lowest BCUT2D eigenvalue weighted by Crippen LogP contribution is -2.35. The highest BCUT2D eigenvalue weighted by Gasteiger charge is 2.25. The van der Waals surface area contributed by atoms with Crippen molar-refractivity contribution in [2.24, 2.45) is 5.41 Å². The Hall–Kier alpha value is -2.28. The van der Waals surface area contributed by atoms with Gasteiger partial charge in [0.2, 0.25) is 11.8 Å². The predicted octanol–water partition coefficient (Wildman–Crippen LogP) is 2.13. The number of nitrogens with zero attached hydrogens (tertiary/aromatic N) is 1. The molecule has 0 fully saturated rings. The van der Waals surface area contributed by atoms with E-state index >= 15 is 0 Å². The molecular weight excluding hydrogens is 334 g/mol. The molecule has 2 amide bonds. The molecule has 0 saturated heterocycles. The van der Waals surface area contributed by atoms with Crippen LogP contribution in [-0.4, -0.2) is 58.1 Å². The molecule has 0 spiro atoms. The largest absolute Gasteiger partial charge is 0.497 e. The summed E-state index contributed by atoms with van der Waals surface area (Å²) >= 11 is 0. The summed E-state index contributed by atoms with van der Waals surface area (Å²) in [5.74, 6) is 0.956. The maximum absolute atomic E-state index is 12.4. The van der Waals surface area contributed by atoms with Crippen molar-refractivity contribution in [3.63, 3.8) is 0 Å². The van der Waals surface area contributed by atoms with E-state index in [4.69, 9.17) is 9.47 Å². The van der Waals surface area contributed by atoms with Crippen LogP contribution in [0.15, 0.2) is 18.2 Å². The Kier molecular flexibility index (Phi) is 8.38. The molecule has 1 rings (SSSR count). The minimum atomic E-state index is -0.452. The van der Waals surface area contributed by atoms with Gasteiger partial charge in [0.1, 0.15) is 11.5 Å². The van der Waals surface area contributed by atoms with Crippen molar-refractivity contribution >= 4 is 17.5 Å². The standard InChI is InChI=1S/C19H31N3O4/c1-19(2,12-17(23)20-9-10-22(3)4)13-18(24)21-15-8-7-14(25-5)11-16(15)26-6/h7-8,11H,9-10,12-13H2,1-6H3,(H,20,23)(H,21,24). The molecule has 1 aromatic carbocycles. The molecule has 0 aliphatic heterocycles. The molecule has 0 aliphatic rings. The van der Waals surface area contributed by atoms with Crippen LogP contribution in [0.3, 0.4) is 0 Å². The maximum atomic E-state index is 12.4. The number of methoxy groups -OCH3 is 2. The third kappa shape index (κ3) is 7.74. The van der Waals surface area contributed by atoms with Gasteiger partial charge in [0, 0.05) is 32.0 Å². The van der Waals surface area contributed by atoms with Gasteiger partial charge in [0.15, 0.2) is 0 Å². The topological polar surface area (TPSA) is 79.9 Å². The number of hydrogen-bond donors (Lipinski definition) is 2. The molecule has 0 saturated carbocycles. The molecule has 7 nitrogen and oxygen atoms in total. The highest BCUT2D eigenvalue weighted by molar-refractivity contribution is 5.93. The lowest BCUT2D eigenvalue weighted by Gasteiger charge is -2.24. The molecule has 146 valence electrons. The van der Waals surface area contributed by atoms with Crippen molar-refractivity contribution in [1.82, 2.24) is 10.2 Å². The highest BCUT2D eigenvalue weighted by atomic mass is 16.5. The quantitative estimate of drug-likeness (QED) is 0.664. The Balaban J connectivity index is 2.59. The molecule has 0 aliphatic carbocycles. The predicted molar refractivity (Wildman–Crippen MR) is 103 cm³/mol. The van der Waals surface area contributed by atoms with Crippen molar-refractivity contribution in [3.05, 3.63) is 18.2 Å². The monoisotopic (exact) mass is 365 g/mol. The molecule has 2 N–H and O–H groups in total. The van der Waals surface area contributed by atoms with Gasteiger partial charge in [0.05, 0.1) is 19.9 Å². The number of likely N-dealkylation sites (N-methyl/N-ethyl adjacent to an activating group) is 1. The Morgan fingerprint density at radius 1 is 1.08 bits per heavy atom. The summed E-state index contributed by atoms with van der Waals surface area (Å²) in [5, 5.41) is 5.72. The molecule has 0 bridgehead atoms. The second-order valence-electron chi connectivity index (χ2n) is 7.29. The SMILES string of the molecule is COc1ccc(NC(=O)CC(C)(C)CC(=O)NCCN(C)C)c(OC)c1. The molecular formula is C19H31N3O4. The summed E-state index contributed by atoms with van der Waals surface area (Å²) in [4.78, 5) is 26.5. The van der Waals surface area contributed by atoms with Gasteiger partial charge >= 0.3 is 0 Å². The zero-order valence-electron chi connectivity index (χ0n) is 16.6. The lowest BCUT2D eigenvalue weighted by atomic mass is 9.85. The first kappa shape index (κ1) is 21.8. The van der Waals surface area contributed by atoms with Crippen LogP contribution in [0.1, 0.15) is 26.7 Å². The van der Waals surface area contributed by atoms with Gasteiger partial charge in [-0.3, -0.25) is 9.59 Å². The van der Waals surface area contributed by atoms with Crippen LogP contribution in [-0.2, 0) is 9.59 Å². The molecule has 0 aromatic heterocycles. The zero-order chi connectivity index (χ0) is 19.7. The average molecular weight is 365 g/mol. The molecule has 1 aromatic rings. The van der Waals surface area contributed by atoms with E-state index in [0.717, 1.165) is 6.54 Å². The third-order valence-electron chi connectivity index (χ3n) is 3.84. The number of rotatable bonds is 10. The highest BCUT2D eigenvalue weighted by Crippen LogP contribution is 2.31. The molecule has 0 atom stereocenters. The first-order valence-corrected chi connectivity index (χ1v) is 8.60. The van der Waals surface area contributed by atoms with Crippen molar-refractivity contribution in [1.29, 1.82) is 0 Å². The summed E-state index contributed by atoms with van der Waals surface area (Å²) in [5.41, 5.74) is 0.121. The second kappa shape index (κ2) is 10.0. The second-order valence-corrected chi connectivity index (χ2v) is 7.29. The third-order valence-corrected chi connectivity index (χ3v) is 3.84. The summed E-state index contributed by atoms with van der Waals surface area (Å²) in [7, 11) is 7.01. The number of hydrogen-bond acceptors (Lipinski definition) is 5. The number of ether oxygens (including phenoxy) is 2. The van der Waals surface area contributed by atoms with Gasteiger partial charge in [-0.25, -0.2) is 0 Å². The van der Waals surface area contributed by atoms with Gasteiger partial charge in [0.25, 0.3) is 0 Å². The van der Waals surface area contributed by atoms with Gasteiger partial charge in [-0.2, -0.15) is 0 Å². The van der Waals surface area contributed by atoms with E-state index in [1.807, 2.05) is 32.8 Å². The molecule has 0 radical (unpaired) electrons. The van der Waals surface area contributed by atoms with Crippen molar-refractivity contribution in [2.75, 3.05) is 46.7 Å². The Labute approximate surface area is 156 Å². The number of carbonyl (C=O) groups is 2. The molecule has 0 heterocycles. The summed E-state index contributed by atoms with van der Waals surface area (Å²) in [6, 6.07) is 5.19. The van der Waals surface area contributed by atoms with Crippen LogP contribution in [0.2, 0.25) is 0 Å².